The van der Waals surface area contributed by atoms with E-state index in [-0.39, 0.29) is 6.10 Å². The molecule has 1 N–H and O–H groups in total. The van der Waals surface area contributed by atoms with Gasteiger partial charge >= 0.3 is 0 Å². The molecule has 0 saturated heterocycles. The van der Waals surface area contributed by atoms with Crippen LogP contribution in [0.4, 0.5) is 0 Å². The lowest BCUT2D eigenvalue weighted by Gasteiger charge is -2.18. The molecule has 0 saturated carbocycles. The summed E-state index contributed by atoms with van der Waals surface area (Å²) in [6.07, 6.45) is -0.291. The van der Waals surface area contributed by atoms with Gasteiger partial charge in [-0.25, -0.2) is 0 Å². The van der Waals surface area contributed by atoms with Crippen LogP contribution in [0.1, 0.15) is 18.1 Å². The summed E-state index contributed by atoms with van der Waals surface area (Å²) in [6.45, 7) is 8.07. The molecule has 0 aliphatic carbocycles. The fraction of sp³-hybridized carbons (Fsp3) is 0.571. The second-order valence-corrected chi connectivity index (χ2v) is 4.78. The number of nitrogens with zero attached hydrogens (tertiary/aromatic N) is 1. The van der Waals surface area contributed by atoms with Gasteiger partial charge in [0.1, 0.15) is 12.4 Å². The van der Waals surface area contributed by atoms with E-state index in [1.165, 1.54) is 11.1 Å². The molecule has 96 valence electrons. The first kappa shape index (κ1) is 14.0. The van der Waals surface area contributed by atoms with Crippen LogP contribution < -0.4 is 4.74 Å². The summed E-state index contributed by atoms with van der Waals surface area (Å²) in [5.74, 6) is 0.924. The normalized spacial score (nSPS) is 12.8. The van der Waals surface area contributed by atoms with Crippen molar-refractivity contribution in [1.29, 1.82) is 0 Å². The molecule has 3 heteroatoms. The van der Waals surface area contributed by atoms with E-state index in [2.05, 4.69) is 24.8 Å². The molecule has 1 aromatic carbocycles. The third kappa shape index (κ3) is 5.71. The van der Waals surface area contributed by atoms with E-state index in [0.29, 0.717) is 13.2 Å². The summed E-state index contributed by atoms with van der Waals surface area (Å²) in [5, 5.41) is 9.23. The molecule has 0 spiro atoms. The molecular weight excluding hydrogens is 214 g/mol. The predicted molar refractivity (Wildman–Crippen MR) is 70.6 cm³/mol. The van der Waals surface area contributed by atoms with Gasteiger partial charge in [0.2, 0.25) is 0 Å². The summed E-state index contributed by atoms with van der Waals surface area (Å²) in [5.41, 5.74) is 2.44. The second-order valence-electron chi connectivity index (χ2n) is 4.78. The van der Waals surface area contributed by atoms with Crippen LogP contribution in [0, 0.1) is 13.8 Å². The van der Waals surface area contributed by atoms with E-state index in [4.69, 9.17) is 4.74 Å². The summed E-state index contributed by atoms with van der Waals surface area (Å²) in [6, 6.07) is 6.22. The van der Waals surface area contributed by atoms with Crippen molar-refractivity contribution in [2.24, 2.45) is 0 Å². The van der Waals surface area contributed by atoms with E-state index >= 15 is 0 Å². The first-order chi connectivity index (χ1) is 7.97. The van der Waals surface area contributed by atoms with Crippen molar-refractivity contribution in [2.45, 2.75) is 26.9 Å². The summed E-state index contributed by atoms with van der Waals surface area (Å²) < 4.78 is 5.70. The van der Waals surface area contributed by atoms with E-state index in [0.717, 1.165) is 12.3 Å². The zero-order valence-corrected chi connectivity index (χ0v) is 11.2. The Morgan fingerprint density at radius 1 is 1.24 bits per heavy atom. The van der Waals surface area contributed by atoms with Crippen LogP contribution >= 0.6 is 0 Å². The lowest BCUT2D eigenvalue weighted by atomic mass is 10.1. The number of ether oxygens (including phenoxy) is 1. The van der Waals surface area contributed by atoms with Crippen molar-refractivity contribution in [3.05, 3.63) is 29.3 Å². The Labute approximate surface area is 104 Å². The van der Waals surface area contributed by atoms with Gasteiger partial charge in [-0.2, -0.15) is 0 Å². The highest BCUT2D eigenvalue weighted by Gasteiger charge is 2.03. The molecule has 17 heavy (non-hydrogen) atoms. The van der Waals surface area contributed by atoms with E-state index in [1.807, 2.05) is 19.2 Å². The largest absolute Gasteiger partial charge is 0.492 e. The molecule has 0 bridgehead atoms. The van der Waals surface area contributed by atoms with Crippen molar-refractivity contribution < 1.29 is 9.84 Å². The summed E-state index contributed by atoms with van der Waals surface area (Å²) in [7, 11) is 1.98. The maximum atomic E-state index is 9.23. The number of likely N-dealkylation sites (N-methyl/N-ethyl adjacent to an activating group) is 1. The number of aliphatic hydroxyl groups is 1. The molecule has 0 radical (unpaired) electrons. The second kappa shape index (κ2) is 6.62. The Morgan fingerprint density at radius 2 is 1.82 bits per heavy atom. The van der Waals surface area contributed by atoms with E-state index in [1.54, 1.807) is 6.92 Å². The van der Waals surface area contributed by atoms with Crippen molar-refractivity contribution in [1.82, 2.24) is 4.90 Å². The number of aryl methyl sites for hydroxylation is 2. The Hall–Kier alpha value is -1.06. The zero-order chi connectivity index (χ0) is 12.8. The molecule has 0 aliphatic heterocycles. The minimum atomic E-state index is -0.291. The number of rotatable bonds is 6. The van der Waals surface area contributed by atoms with Gasteiger partial charge in [-0.1, -0.05) is 6.07 Å². The van der Waals surface area contributed by atoms with Gasteiger partial charge in [-0.15, -0.1) is 0 Å². The molecule has 1 aromatic rings. The van der Waals surface area contributed by atoms with Crippen molar-refractivity contribution in [3.8, 4) is 5.75 Å². The van der Waals surface area contributed by atoms with Crippen LogP contribution in [0.2, 0.25) is 0 Å². The van der Waals surface area contributed by atoms with Crippen LogP contribution in [0.5, 0.6) is 5.75 Å². The highest BCUT2D eigenvalue weighted by atomic mass is 16.5. The Bertz CT molecular complexity index is 330. The molecule has 0 fully saturated rings. The average molecular weight is 237 g/mol. The molecule has 0 aliphatic rings. The van der Waals surface area contributed by atoms with Gasteiger partial charge in [-0.05, 0) is 51.1 Å². The van der Waals surface area contributed by atoms with Crippen LogP contribution in [0.3, 0.4) is 0 Å². The van der Waals surface area contributed by atoms with Crippen molar-refractivity contribution >= 4 is 0 Å². The monoisotopic (exact) mass is 237 g/mol. The maximum absolute atomic E-state index is 9.23. The SMILES string of the molecule is Cc1cc(C)cc(OCCN(C)CC(C)O)c1. The molecule has 0 heterocycles. The highest BCUT2D eigenvalue weighted by molar-refractivity contribution is 5.32. The third-order valence-corrected chi connectivity index (χ3v) is 2.51. The molecule has 0 aromatic heterocycles. The predicted octanol–water partition coefficient (Wildman–Crippen LogP) is 1.99. The molecule has 1 atom stereocenters. The standard InChI is InChI=1S/C14H23NO2/c1-11-7-12(2)9-14(8-11)17-6-5-15(4)10-13(3)16/h7-9,13,16H,5-6,10H2,1-4H3. The zero-order valence-electron chi connectivity index (χ0n) is 11.2. The van der Waals surface area contributed by atoms with E-state index in [9.17, 15) is 5.11 Å². The Balaban J connectivity index is 2.35. The molecular formula is C14H23NO2. The number of hydrogen-bond acceptors (Lipinski definition) is 3. The van der Waals surface area contributed by atoms with Crippen LogP contribution in [0.25, 0.3) is 0 Å². The van der Waals surface area contributed by atoms with Gasteiger partial charge in [0.05, 0.1) is 6.10 Å². The minimum Gasteiger partial charge on any atom is -0.492 e. The van der Waals surface area contributed by atoms with E-state index < -0.39 is 0 Å². The third-order valence-electron chi connectivity index (χ3n) is 2.51. The Kier molecular flexibility index (Phi) is 5.45. The van der Waals surface area contributed by atoms with Crippen LogP contribution in [-0.4, -0.2) is 42.9 Å². The molecule has 0 amide bonds. The van der Waals surface area contributed by atoms with Gasteiger partial charge in [-0.3, -0.25) is 0 Å². The fourth-order valence-electron chi connectivity index (χ4n) is 1.88. The summed E-state index contributed by atoms with van der Waals surface area (Å²) in [4.78, 5) is 2.06. The van der Waals surface area contributed by atoms with Crippen molar-refractivity contribution in [3.63, 3.8) is 0 Å². The summed E-state index contributed by atoms with van der Waals surface area (Å²) >= 11 is 0. The van der Waals surface area contributed by atoms with Crippen molar-refractivity contribution in [2.75, 3.05) is 26.7 Å². The minimum absolute atomic E-state index is 0.291. The quantitative estimate of drug-likeness (QED) is 0.821. The average Bonchev–Trinajstić information content (AvgIpc) is 2.14. The topological polar surface area (TPSA) is 32.7 Å². The highest BCUT2D eigenvalue weighted by Crippen LogP contribution is 2.15. The lowest BCUT2D eigenvalue weighted by Crippen LogP contribution is -2.30. The first-order valence-corrected chi connectivity index (χ1v) is 6.05. The lowest BCUT2D eigenvalue weighted by molar-refractivity contribution is 0.131. The van der Waals surface area contributed by atoms with Gasteiger partial charge < -0.3 is 14.7 Å². The molecule has 3 nitrogen and oxygen atoms in total. The number of benzene rings is 1. The molecule has 1 unspecified atom stereocenters. The first-order valence-electron chi connectivity index (χ1n) is 6.05. The number of hydrogen-bond donors (Lipinski definition) is 1. The van der Waals surface area contributed by atoms with Gasteiger partial charge in [0.15, 0.2) is 0 Å². The van der Waals surface area contributed by atoms with Gasteiger partial charge in [0.25, 0.3) is 0 Å². The maximum Gasteiger partial charge on any atom is 0.119 e. The van der Waals surface area contributed by atoms with Crippen LogP contribution in [-0.2, 0) is 0 Å². The number of aliphatic hydroxyl groups excluding tert-OH is 1. The fourth-order valence-corrected chi connectivity index (χ4v) is 1.88. The molecule has 1 rings (SSSR count). The van der Waals surface area contributed by atoms with Crippen LogP contribution in [0.15, 0.2) is 18.2 Å². The smallest absolute Gasteiger partial charge is 0.119 e. The Morgan fingerprint density at radius 3 is 2.35 bits per heavy atom. The van der Waals surface area contributed by atoms with Gasteiger partial charge in [0, 0.05) is 13.1 Å².